The summed E-state index contributed by atoms with van der Waals surface area (Å²) in [4.78, 5) is 24.9. The van der Waals surface area contributed by atoms with Gasteiger partial charge in [0.2, 0.25) is 5.91 Å². The van der Waals surface area contributed by atoms with Crippen molar-refractivity contribution < 1.29 is 28.9 Å². The molecular weight excluding hydrogens is 362 g/mol. The Kier molecular flexibility index (Phi) is 8.79. The molecule has 0 aliphatic carbocycles. The molecule has 1 saturated heterocycles. The lowest BCUT2D eigenvalue weighted by Crippen LogP contribution is -2.35. The zero-order chi connectivity index (χ0) is 20.5. The number of hydrogen-bond donors (Lipinski definition) is 1. The zero-order valence-corrected chi connectivity index (χ0v) is 16.7. The number of nitrogens with zero attached hydrogens (tertiary/aromatic N) is 1. The number of aliphatic hydroxyl groups is 1. The first kappa shape index (κ1) is 22.2. The molecule has 1 amide bonds. The van der Waals surface area contributed by atoms with Crippen LogP contribution >= 0.6 is 0 Å². The number of carbonyl (C=O) groups is 2. The number of Topliss-reactive ketones (excluding diaryl/α,β-unsaturated/α-hetero) is 1. The van der Waals surface area contributed by atoms with Crippen LogP contribution in [0.25, 0.3) is 0 Å². The highest BCUT2D eigenvalue weighted by Gasteiger charge is 2.39. The van der Waals surface area contributed by atoms with Crippen LogP contribution in [0.2, 0.25) is 0 Å². The van der Waals surface area contributed by atoms with Crippen LogP contribution in [0.3, 0.4) is 0 Å². The first-order valence-electron chi connectivity index (χ1n) is 9.40. The number of allylic oxidation sites excluding steroid dienone is 1. The van der Waals surface area contributed by atoms with E-state index in [1.807, 2.05) is 30.3 Å². The van der Waals surface area contributed by atoms with Gasteiger partial charge in [-0.05, 0) is 19.4 Å². The monoisotopic (exact) mass is 391 g/mol. The van der Waals surface area contributed by atoms with Crippen LogP contribution in [0.15, 0.2) is 42.1 Å². The van der Waals surface area contributed by atoms with Crippen molar-refractivity contribution in [3.63, 3.8) is 0 Å². The summed E-state index contributed by atoms with van der Waals surface area (Å²) < 4.78 is 17.2. The van der Waals surface area contributed by atoms with Gasteiger partial charge in [-0.3, -0.25) is 14.5 Å². The van der Waals surface area contributed by atoms with Crippen molar-refractivity contribution >= 4 is 11.7 Å². The first-order chi connectivity index (χ1) is 13.4. The van der Waals surface area contributed by atoms with Gasteiger partial charge >= 0.3 is 0 Å². The lowest BCUT2D eigenvalue weighted by Gasteiger charge is -2.24. The third kappa shape index (κ3) is 6.53. The normalized spacial score (nSPS) is 22.3. The predicted octanol–water partition coefficient (Wildman–Crippen LogP) is 2.04. The molecule has 1 aromatic carbocycles. The molecule has 0 spiro atoms. The Morgan fingerprint density at radius 1 is 1.21 bits per heavy atom. The van der Waals surface area contributed by atoms with E-state index in [4.69, 9.17) is 14.2 Å². The number of amides is 1. The van der Waals surface area contributed by atoms with E-state index in [0.29, 0.717) is 31.8 Å². The van der Waals surface area contributed by atoms with Crippen molar-refractivity contribution in [1.29, 1.82) is 0 Å². The fourth-order valence-corrected chi connectivity index (χ4v) is 2.91. The van der Waals surface area contributed by atoms with Gasteiger partial charge in [0.05, 0.1) is 32.5 Å². The maximum absolute atomic E-state index is 12.0. The molecule has 1 aliphatic rings. The number of aliphatic hydroxyl groups excluding tert-OH is 1. The Labute approximate surface area is 165 Å². The van der Waals surface area contributed by atoms with Crippen LogP contribution in [0.5, 0.6) is 0 Å². The Hall–Kier alpha value is -2.06. The first-order valence-corrected chi connectivity index (χ1v) is 9.40. The van der Waals surface area contributed by atoms with Crippen LogP contribution in [0.4, 0.5) is 0 Å². The third-order valence-electron chi connectivity index (χ3n) is 4.59. The van der Waals surface area contributed by atoms with Gasteiger partial charge < -0.3 is 19.3 Å². The second-order valence-electron chi connectivity index (χ2n) is 6.79. The fraction of sp³-hybridized carbons (Fsp3) is 0.524. The Bertz CT molecular complexity index is 675. The van der Waals surface area contributed by atoms with Crippen molar-refractivity contribution in [2.45, 2.75) is 52.2 Å². The molecule has 154 valence electrons. The molecule has 3 unspecified atom stereocenters. The molecule has 28 heavy (non-hydrogen) atoms. The highest BCUT2D eigenvalue weighted by Crippen LogP contribution is 2.26. The molecule has 7 nitrogen and oxygen atoms in total. The number of rotatable bonds is 10. The van der Waals surface area contributed by atoms with Crippen molar-refractivity contribution in [2.24, 2.45) is 0 Å². The van der Waals surface area contributed by atoms with E-state index in [9.17, 15) is 14.7 Å². The maximum atomic E-state index is 12.0. The number of carbonyl (C=O) groups excluding carboxylic acids is 2. The molecule has 1 fully saturated rings. The predicted molar refractivity (Wildman–Crippen MR) is 103 cm³/mol. The van der Waals surface area contributed by atoms with E-state index in [1.54, 1.807) is 6.92 Å². The minimum Gasteiger partial charge on any atom is -0.394 e. The minimum absolute atomic E-state index is 0.119. The largest absolute Gasteiger partial charge is 0.394 e. The van der Waals surface area contributed by atoms with E-state index in [2.05, 4.69) is 0 Å². The summed E-state index contributed by atoms with van der Waals surface area (Å²) in [5, 5.41) is 9.59. The smallest absolute Gasteiger partial charge is 0.225 e. The maximum Gasteiger partial charge on any atom is 0.225 e. The summed E-state index contributed by atoms with van der Waals surface area (Å²) in [6.45, 7) is 5.55. The molecule has 1 heterocycles. The van der Waals surface area contributed by atoms with Gasteiger partial charge in [-0.25, -0.2) is 0 Å². The number of ketones is 1. The van der Waals surface area contributed by atoms with Crippen molar-refractivity contribution in [2.75, 3.05) is 19.8 Å². The van der Waals surface area contributed by atoms with Crippen molar-refractivity contribution in [3.05, 3.63) is 47.7 Å². The second kappa shape index (κ2) is 11.1. The molecule has 7 heteroatoms. The van der Waals surface area contributed by atoms with Gasteiger partial charge in [-0.1, -0.05) is 30.3 Å². The molecule has 0 aromatic heterocycles. The Morgan fingerprint density at radius 2 is 1.93 bits per heavy atom. The molecule has 0 bridgehead atoms. The quantitative estimate of drug-likeness (QED) is 0.485. The van der Waals surface area contributed by atoms with Gasteiger partial charge in [0, 0.05) is 25.1 Å². The summed E-state index contributed by atoms with van der Waals surface area (Å²) in [6.07, 6.45) is 0.426. The molecule has 0 saturated carbocycles. The van der Waals surface area contributed by atoms with Gasteiger partial charge in [0.25, 0.3) is 0 Å². The fourth-order valence-electron chi connectivity index (χ4n) is 2.91. The van der Waals surface area contributed by atoms with Crippen LogP contribution in [0.1, 0.15) is 32.8 Å². The SMILES string of the molecule is CC(=O)/C(C)=C\N(C(C)=O)C1CC(OCCOCc2ccccc2)C(CO)O1. The van der Waals surface area contributed by atoms with E-state index in [1.165, 1.54) is 24.9 Å². The van der Waals surface area contributed by atoms with Crippen LogP contribution in [0, 0.1) is 0 Å². The number of ether oxygens (including phenoxy) is 3. The average molecular weight is 391 g/mol. The summed E-state index contributed by atoms with van der Waals surface area (Å²) in [5.41, 5.74) is 1.54. The van der Waals surface area contributed by atoms with Crippen LogP contribution in [-0.4, -0.2) is 60.0 Å². The minimum atomic E-state index is -0.584. The van der Waals surface area contributed by atoms with Crippen molar-refractivity contribution in [3.8, 4) is 0 Å². The van der Waals surface area contributed by atoms with E-state index >= 15 is 0 Å². The zero-order valence-electron chi connectivity index (χ0n) is 16.7. The van der Waals surface area contributed by atoms with Crippen molar-refractivity contribution in [1.82, 2.24) is 4.90 Å². The molecule has 1 N–H and O–H groups in total. The summed E-state index contributed by atoms with van der Waals surface area (Å²) in [5.74, 6) is -0.361. The lowest BCUT2D eigenvalue weighted by molar-refractivity contribution is -0.139. The second-order valence-corrected chi connectivity index (χ2v) is 6.79. The van der Waals surface area contributed by atoms with Gasteiger partial charge in [0.1, 0.15) is 12.3 Å². The van der Waals surface area contributed by atoms with Crippen LogP contribution in [-0.2, 0) is 30.4 Å². The molecule has 3 atom stereocenters. The van der Waals surface area contributed by atoms with E-state index in [-0.39, 0.29) is 24.4 Å². The lowest BCUT2D eigenvalue weighted by atomic mass is 10.1. The molecule has 0 radical (unpaired) electrons. The molecular formula is C21H29NO6. The topological polar surface area (TPSA) is 85.3 Å². The third-order valence-corrected chi connectivity index (χ3v) is 4.59. The van der Waals surface area contributed by atoms with E-state index in [0.717, 1.165) is 5.56 Å². The number of benzene rings is 1. The number of hydrogen-bond acceptors (Lipinski definition) is 6. The summed E-state index contributed by atoms with van der Waals surface area (Å²) in [7, 11) is 0. The highest BCUT2D eigenvalue weighted by atomic mass is 16.6. The molecule has 2 rings (SSSR count). The Balaban J connectivity index is 1.85. The van der Waals surface area contributed by atoms with E-state index < -0.39 is 12.3 Å². The van der Waals surface area contributed by atoms with Gasteiger partial charge in [0.15, 0.2) is 5.78 Å². The van der Waals surface area contributed by atoms with Crippen LogP contribution < -0.4 is 0 Å². The molecule has 1 aliphatic heterocycles. The Morgan fingerprint density at radius 3 is 2.54 bits per heavy atom. The standard InChI is InChI=1S/C21H29NO6/c1-15(16(2)24)12-22(17(3)25)21-11-19(20(13-23)28-21)27-10-9-26-14-18-7-5-4-6-8-18/h4-8,12,19-21,23H,9-11,13-14H2,1-3H3/b15-12-. The highest BCUT2D eigenvalue weighted by molar-refractivity contribution is 5.93. The van der Waals surface area contributed by atoms with Gasteiger partial charge in [-0.15, -0.1) is 0 Å². The van der Waals surface area contributed by atoms with Gasteiger partial charge in [-0.2, -0.15) is 0 Å². The summed E-state index contributed by atoms with van der Waals surface area (Å²) >= 11 is 0. The molecule has 1 aromatic rings. The summed E-state index contributed by atoms with van der Waals surface area (Å²) in [6, 6.07) is 9.85. The average Bonchev–Trinajstić information content (AvgIpc) is 3.08.